The third-order valence-corrected chi connectivity index (χ3v) is 6.90. The molecule has 3 aromatic rings. The van der Waals surface area contributed by atoms with Gasteiger partial charge in [-0.15, -0.1) is 0 Å². The Bertz CT molecular complexity index is 1130. The Hall–Kier alpha value is -3.10. The zero-order valence-electron chi connectivity index (χ0n) is 20.1. The smallest absolute Gasteiger partial charge is 0.222 e. The Balaban J connectivity index is 1.82. The zero-order chi connectivity index (χ0) is 25.8. The summed E-state index contributed by atoms with van der Waals surface area (Å²) in [7, 11) is 0. The molecule has 0 aliphatic carbocycles. The van der Waals surface area contributed by atoms with Crippen LogP contribution >= 0.6 is 0 Å². The van der Waals surface area contributed by atoms with E-state index in [0.29, 0.717) is 11.1 Å². The van der Waals surface area contributed by atoms with Crippen molar-refractivity contribution in [1.29, 1.82) is 0 Å². The summed E-state index contributed by atoms with van der Waals surface area (Å²) in [5.41, 5.74) is -2.34. The maximum atomic E-state index is 15.6. The number of rotatable bonds is 8. The molecule has 4 rings (SSSR count). The van der Waals surface area contributed by atoms with Gasteiger partial charge in [-0.25, -0.2) is 4.39 Å². The van der Waals surface area contributed by atoms with Crippen LogP contribution in [-0.2, 0) is 28.8 Å². The lowest BCUT2D eigenvalue weighted by molar-refractivity contribution is -0.323. The fraction of sp³-hybridized carbons (Fsp3) is 0.345. The summed E-state index contributed by atoms with van der Waals surface area (Å²) < 4.78 is 21.2. The van der Waals surface area contributed by atoms with E-state index in [-0.39, 0.29) is 19.3 Å². The van der Waals surface area contributed by atoms with Crippen LogP contribution in [0.5, 0.6) is 0 Å². The second kappa shape index (κ2) is 10.9. The van der Waals surface area contributed by atoms with Gasteiger partial charge >= 0.3 is 0 Å². The van der Waals surface area contributed by atoms with E-state index in [9.17, 15) is 20.1 Å². The molecular weight excluding hydrogens is 461 g/mol. The predicted octanol–water partition coefficient (Wildman–Crippen LogP) is 2.74. The first-order chi connectivity index (χ1) is 17.2. The van der Waals surface area contributed by atoms with Crippen molar-refractivity contribution < 1.29 is 29.2 Å². The van der Waals surface area contributed by atoms with Gasteiger partial charge in [0, 0.05) is 26.2 Å². The molecule has 0 bridgehead atoms. The SMILES string of the molecule is CC(=O)N[C@H]1C(F)O[C@H](C(O)Cc2ccccc2)[C@](O)(Cc2ccccc2)[C@@]1(O)Cc1ccccc1. The average Bonchev–Trinajstić information content (AvgIpc) is 2.86. The second-order valence-corrected chi connectivity index (χ2v) is 9.52. The summed E-state index contributed by atoms with van der Waals surface area (Å²) in [5, 5.41) is 38.4. The predicted molar refractivity (Wildman–Crippen MR) is 134 cm³/mol. The summed E-state index contributed by atoms with van der Waals surface area (Å²) in [6.45, 7) is 1.21. The van der Waals surface area contributed by atoms with Crippen LogP contribution in [-0.4, -0.2) is 57.0 Å². The second-order valence-electron chi connectivity index (χ2n) is 9.52. The number of benzene rings is 3. The number of hydrogen-bond donors (Lipinski definition) is 4. The summed E-state index contributed by atoms with van der Waals surface area (Å²) >= 11 is 0. The molecule has 6 atom stereocenters. The van der Waals surface area contributed by atoms with Gasteiger partial charge in [0.25, 0.3) is 0 Å². The van der Waals surface area contributed by atoms with Gasteiger partial charge in [0.15, 0.2) is 0 Å². The van der Waals surface area contributed by atoms with Crippen LogP contribution in [0.15, 0.2) is 91.0 Å². The van der Waals surface area contributed by atoms with Crippen molar-refractivity contribution in [3.63, 3.8) is 0 Å². The number of aliphatic hydroxyl groups is 3. The molecule has 1 aliphatic heterocycles. The molecule has 190 valence electrons. The lowest BCUT2D eigenvalue weighted by Gasteiger charge is -2.57. The van der Waals surface area contributed by atoms with Crippen LogP contribution in [0.2, 0.25) is 0 Å². The lowest BCUT2D eigenvalue weighted by Crippen LogP contribution is -2.79. The van der Waals surface area contributed by atoms with E-state index in [0.717, 1.165) is 5.56 Å². The van der Waals surface area contributed by atoms with Crippen molar-refractivity contribution in [2.75, 3.05) is 0 Å². The highest BCUT2D eigenvalue weighted by atomic mass is 19.1. The summed E-state index contributed by atoms with van der Waals surface area (Å²) in [4.78, 5) is 12.0. The molecule has 0 saturated carbocycles. The van der Waals surface area contributed by atoms with Crippen molar-refractivity contribution in [2.45, 2.75) is 62.0 Å². The highest BCUT2D eigenvalue weighted by molar-refractivity contribution is 5.73. The van der Waals surface area contributed by atoms with E-state index in [1.54, 1.807) is 48.5 Å². The summed E-state index contributed by atoms with van der Waals surface area (Å²) in [6.07, 6.45) is -5.26. The quantitative estimate of drug-likeness (QED) is 0.387. The number of aliphatic hydroxyl groups excluding tert-OH is 1. The number of nitrogens with one attached hydrogen (secondary N) is 1. The van der Waals surface area contributed by atoms with E-state index >= 15 is 4.39 Å². The number of carbonyl (C=O) groups excluding carboxylic acids is 1. The molecular formula is C29H32FNO5. The van der Waals surface area contributed by atoms with Gasteiger partial charge in [-0.2, -0.15) is 0 Å². The number of amides is 1. The molecule has 0 radical (unpaired) electrons. The molecule has 0 spiro atoms. The Kier molecular flexibility index (Phi) is 7.85. The van der Waals surface area contributed by atoms with Crippen molar-refractivity contribution in [2.24, 2.45) is 0 Å². The highest BCUT2D eigenvalue weighted by Crippen LogP contribution is 2.44. The molecule has 1 amide bonds. The van der Waals surface area contributed by atoms with Crippen molar-refractivity contribution in [3.8, 4) is 0 Å². The third-order valence-electron chi connectivity index (χ3n) is 6.90. The van der Waals surface area contributed by atoms with Gasteiger partial charge in [-0.1, -0.05) is 91.0 Å². The molecule has 3 aromatic carbocycles. The zero-order valence-corrected chi connectivity index (χ0v) is 20.1. The normalized spacial score (nSPS) is 28.9. The Morgan fingerprint density at radius 3 is 1.78 bits per heavy atom. The molecule has 1 aliphatic rings. The van der Waals surface area contributed by atoms with Crippen LogP contribution in [0.1, 0.15) is 23.6 Å². The number of hydrogen-bond acceptors (Lipinski definition) is 5. The first-order valence-electron chi connectivity index (χ1n) is 12.0. The summed E-state index contributed by atoms with van der Waals surface area (Å²) in [6, 6.07) is 25.3. The standard InChI is InChI=1S/C29H32FNO5/c1-20(32)31-25-27(30)36-26(24(33)17-21-11-5-2-6-12-21)29(35,19-23-15-9-4-10-16-23)28(25,34)18-22-13-7-3-8-14-22/h2-16,24-27,33-35H,17-19H2,1H3,(H,31,32)/t24?,25-,26+,27?,28+,29+/m0/s1. The molecule has 0 aromatic heterocycles. The van der Waals surface area contributed by atoms with Crippen LogP contribution < -0.4 is 5.32 Å². The molecule has 7 heteroatoms. The van der Waals surface area contributed by atoms with Crippen LogP contribution in [0.4, 0.5) is 4.39 Å². The van der Waals surface area contributed by atoms with E-state index in [4.69, 9.17) is 4.74 Å². The van der Waals surface area contributed by atoms with E-state index in [1.165, 1.54) is 6.92 Å². The van der Waals surface area contributed by atoms with Crippen molar-refractivity contribution >= 4 is 5.91 Å². The minimum absolute atomic E-state index is 0.0710. The lowest BCUT2D eigenvalue weighted by atomic mass is 9.64. The van der Waals surface area contributed by atoms with Gasteiger partial charge in [-0.3, -0.25) is 4.79 Å². The number of alkyl halides is 1. The maximum absolute atomic E-state index is 15.6. The molecule has 1 saturated heterocycles. The summed E-state index contributed by atoms with van der Waals surface area (Å²) in [5.74, 6) is -0.580. The first-order valence-corrected chi connectivity index (χ1v) is 12.0. The molecule has 4 N–H and O–H groups in total. The largest absolute Gasteiger partial charge is 0.390 e. The van der Waals surface area contributed by atoms with Crippen LogP contribution in [0, 0.1) is 0 Å². The van der Waals surface area contributed by atoms with Crippen LogP contribution in [0.3, 0.4) is 0 Å². The Labute approximate surface area is 210 Å². The fourth-order valence-corrected chi connectivity index (χ4v) is 5.17. The van der Waals surface area contributed by atoms with Crippen molar-refractivity contribution in [3.05, 3.63) is 108 Å². The minimum atomic E-state index is -2.23. The minimum Gasteiger partial charge on any atom is -0.390 e. The number of halogens is 1. The molecule has 2 unspecified atom stereocenters. The topological polar surface area (TPSA) is 99.0 Å². The van der Waals surface area contributed by atoms with Gasteiger partial charge < -0.3 is 25.4 Å². The molecule has 36 heavy (non-hydrogen) atoms. The van der Waals surface area contributed by atoms with E-state index < -0.39 is 41.7 Å². The fourth-order valence-electron chi connectivity index (χ4n) is 5.17. The molecule has 1 fully saturated rings. The molecule has 1 heterocycles. The Morgan fingerprint density at radius 1 is 0.861 bits per heavy atom. The van der Waals surface area contributed by atoms with Gasteiger partial charge in [0.2, 0.25) is 12.3 Å². The van der Waals surface area contributed by atoms with Gasteiger partial charge in [0.1, 0.15) is 23.3 Å². The maximum Gasteiger partial charge on any atom is 0.222 e. The van der Waals surface area contributed by atoms with Gasteiger partial charge in [-0.05, 0) is 16.7 Å². The van der Waals surface area contributed by atoms with Gasteiger partial charge in [0.05, 0.1) is 6.10 Å². The highest BCUT2D eigenvalue weighted by Gasteiger charge is 2.66. The Morgan fingerprint density at radius 2 is 1.31 bits per heavy atom. The van der Waals surface area contributed by atoms with Crippen LogP contribution in [0.25, 0.3) is 0 Å². The number of carbonyl (C=O) groups is 1. The first kappa shape index (κ1) is 26.0. The third kappa shape index (κ3) is 5.34. The van der Waals surface area contributed by atoms with Crippen molar-refractivity contribution in [1.82, 2.24) is 5.32 Å². The average molecular weight is 494 g/mol. The van der Waals surface area contributed by atoms with E-state index in [1.807, 2.05) is 42.5 Å². The number of ether oxygens (including phenoxy) is 1. The monoisotopic (exact) mass is 493 g/mol. The molecule has 6 nitrogen and oxygen atoms in total. The van der Waals surface area contributed by atoms with E-state index in [2.05, 4.69) is 5.32 Å².